The molecular weight excluding hydrogens is 523 g/mol. The van der Waals surface area contributed by atoms with E-state index in [2.05, 4.69) is 33.9 Å². The highest BCUT2D eigenvalue weighted by Crippen LogP contribution is 2.42. The maximum Gasteiger partial charge on any atom is 0.274 e. The molecule has 4 heterocycles. The van der Waals surface area contributed by atoms with Crippen LogP contribution in [0.3, 0.4) is 0 Å². The molecule has 4 rings (SSSR count). The van der Waals surface area contributed by atoms with Crippen LogP contribution in [0, 0.1) is 0 Å². The molecule has 0 bridgehead atoms. The van der Waals surface area contributed by atoms with Gasteiger partial charge >= 0.3 is 0 Å². The van der Waals surface area contributed by atoms with Crippen LogP contribution in [-0.4, -0.2) is 91.3 Å². The fraction of sp³-hybridized carbons (Fsp3) is 0.769. The number of alkyl halides is 2. The van der Waals surface area contributed by atoms with Gasteiger partial charge in [0.05, 0.1) is 31.1 Å². The summed E-state index contributed by atoms with van der Waals surface area (Å²) < 4.78 is 35.0. The minimum atomic E-state index is -2.95. The summed E-state index contributed by atoms with van der Waals surface area (Å²) in [4.78, 5) is 24.5. The number of anilines is 1. The predicted molar refractivity (Wildman–Crippen MR) is 148 cm³/mol. The van der Waals surface area contributed by atoms with Gasteiger partial charge in [0.25, 0.3) is 5.92 Å². The molecule has 2 saturated heterocycles. The van der Waals surface area contributed by atoms with Crippen LogP contribution in [0.15, 0.2) is 12.3 Å². The van der Waals surface area contributed by atoms with Crippen LogP contribution in [0.5, 0.6) is 0 Å². The standard InChI is InChI=1S/C26H41F2N5O2.2ClH/c1-6-7-26(27,28)20-10-22-24(30-11-20)25(4,5)17-33(22)23(34)15-32-13-18(2)29-12-21(32)14-31-8-9-35-16-19(31)3;;/h10-11,18-19,21,29H,6-9,12-17H2,1-5H3;2*1H/t18-,19-,21-;;/m1../s1. The fourth-order valence-electron chi connectivity index (χ4n) is 5.58. The Bertz CT molecular complexity index is 923. The lowest BCUT2D eigenvalue weighted by Crippen LogP contribution is -2.62. The number of fused-ring (bicyclic) bond motifs is 1. The predicted octanol–water partition coefficient (Wildman–Crippen LogP) is 3.82. The topological polar surface area (TPSA) is 60.9 Å². The van der Waals surface area contributed by atoms with Crippen molar-refractivity contribution in [2.24, 2.45) is 0 Å². The molecule has 1 aromatic heterocycles. The molecule has 0 aliphatic carbocycles. The SMILES string of the molecule is CCCC(F)(F)c1cnc2c(c1)N(C(=O)CN1C[C@@H](C)NC[C@@H]1CN1CCOC[C@H]1C)CC2(C)C.Cl.Cl. The van der Waals surface area contributed by atoms with Gasteiger partial charge in [-0.05, 0) is 19.9 Å². The Labute approximate surface area is 232 Å². The number of rotatable bonds is 7. The van der Waals surface area contributed by atoms with Crippen molar-refractivity contribution in [3.8, 4) is 0 Å². The lowest BCUT2D eigenvalue weighted by Gasteiger charge is -2.43. The van der Waals surface area contributed by atoms with Crippen LogP contribution in [0.25, 0.3) is 0 Å². The summed E-state index contributed by atoms with van der Waals surface area (Å²) in [7, 11) is 0. The summed E-state index contributed by atoms with van der Waals surface area (Å²) in [6.45, 7) is 15.6. The van der Waals surface area contributed by atoms with E-state index >= 15 is 0 Å². The molecule has 1 aromatic rings. The number of carbonyl (C=O) groups is 1. The van der Waals surface area contributed by atoms with Gasteiger partial charge in [-0.25, -0.2) is 8.78 Å². The van der Waals surface area contributed by atoms with Gasteiger partial charge in [0.1, 0.15) is 0 Å². The molecule has 0 aromatic carbocycles. The third-order valence-corrected chi connectivity index (χ3v) is 7.66. The maximum absolute atomic E-state index is 14.7. The number of carbonyl (C=O) groups excluding carboxylic acids is 1. The maximum atomic E-state index is 14.7. The van der Waals surface area contributed by atoms with Gasteiger partial charge in [0, 0.05) is 74.4 Å². The first-order valence-electron chi connectivity index (χ1n) is 13.0. The number of ether oxygens (including phenoxy) is 1. The van der Waals surface area contributed by atoms with E-state index in [4.69, 9.17) is 4.74 Å². The van der Waals surface area contributed by atoms with Crippen molar-refractivity contribution in [2.75, 3.05) is 57.4 Å². The van der Waals surface area contributed by atoms with Gasteiger partial charge in [0.2, 0.25) is 5.91 Å². The number of hydrogen-bond donors (Lipinski definition) is 1. The molecule has 7 nitrogen and oxygen atoms in total. The number of aromatic nitrogens is 1. The average molecular weight is 567 g/mol. The zero-order valence-corrected chi connectivity index (χ0v) is 24.3. The quantitative estimate of drug-likeness (QED) is 0.542. The summed E-state index contributed by atoms with van der Waals surface area (Å²) in [6, 6.07) is 2.33. The van der Waals surface area contributed by atoms with Crippen LogP contribution < -0.4 is 10.2 Å². The summed E-state index contributed by atoms with van der Waals surface area (Å²) in [5.74, 6) is -3.00. The van der Waals surface area contributed by atoms with E-state index in [1.165, 1.54) is 12.3 Å². The van der Waals surface area contributed by atoms with E-state index in [1.54, 1.807) is 11.8 Å². The van der Waals surface area contributed by atoms with Crippen LogP contribution in [0.2, 0.25) is 0 Å². The lowest BCUT2D eigenvalue weighted by molar-refractivity contribution is -0.121. The van der Waals surface area contributed by atoms with Crippen molar-refractivity contribution in [1.82, 2.24) is 20.1 Å². The molecule has 0 radical (unpaired) electrons. The van der Waals surface area contributed by atoms with Gasteiger partial charge in [-0.3, -0.25) is 19.6 Å². The molecular formula is C26H43Cl2F2N5O2. The summed E-state index contributed by atoms with van der Waals surface area (Å²) >= 11 is 0. The average Bonchev–Trinajstić information content (AvgIpc) is 3.07. The summed E-state index contributed by atoms with van der Waals surface area (Å²) in [5, 5.41) is 3.56. The Morgan fingerprint density at radius 2 is 2.00 bits per heavy atom. The Hall–Kier alpha value is -1.10. The fourth-order valence-corrected chi connectivity index (χ4v) is 5.58. The molecule has 0 saturated carbocycles. The van der Waals surface area contributed by atoms with Crippen molar-refractivity contribution < 1.29 is 18.3 Å². The van der Waals surface area contributed by atoms with Crippen LogP contribution >= 0.6 is 24.8 Å². The highest BCUT2D eigenvalue weighted by atomic mass is 35.5. The molecule has 0 spiro atoms. The Balaban J connectivity index is 0.00000241. The van der Waals surface area contributed by atoms with Crippen molar-refractivity contribution in [3.63, 3.8) is 0 Å². The first kappa shape index (κ1) is 32.1. The molecule has 11 heteroatoms. The van der Waals surface area contributed by atoms with Gasteiger partial charge in [0.15, 0.2) is 0 Å². The largest absolute Gasteiger partial charge is 0.379 e. The normalized spacial score (nSPS) is 26.2. The number of amides is 1. The number of nitrogens with one attached hydrogen (secondary N) is 1. The highest BCUT2D eigenvalue weighted by molar-refractivity contribution is 5.97. The van der Waals surface area contributed by atoms with Crippen molar-refractivity contribution in [1.29, 1.82) is 0 Å². The first-order valence-corrected chi connectivity index (χ1v) is 13.0. The van der Waals surface area contributed by atoms with Crippen LogP contribution in [-0.2, 0) is 20.9 Å². The molecule has 0 unspecified atom stereocenters. The first-order chi connectivity index (χ1) is 16.5. The molecule has 1 N–H and O–H groups in total. The Morgan fingerprint density at radius 3 is 2.68 bits per heavy atom. The number of morpholine rings is 1. The van der Waals surface area contributed by atoms with Gasteiger partial charge in [-0.2, -0.15) is 0 Å². The molecule has 3 aliphatic heterocycles. The number of hydrogen-bond acceptors (Lipinski definition) is 6. The molecule has 3 aliphatic rings. The van der Waals surface area contributed by atoms with Crippen molar-refractivity contribution in [3.05, 3.63) is 23.5 Å². The summed E-state index contributed by atoms with van der Waals surface area (Å²) in [6.07, 6.45) is 1.44. The highest BCUT2D eigenvalue weighted by Gasteiger charge is 2.42. The van der Waals surface area contributed by atoms with Gasteiger partial charge in [-0.15, -0.1) is 24.8 Å². The number of halogens is 4. The van der Waals surface area contributed by atoms with E-state index < -0.39 is 5.92 Å². The lowest BCUT2D eigenvalue weighted by atomic mass is 9.91. The Morgan fingerprint density at radius 1 is 1.27 bits per heavy atom. The number of piperazine rings is 1. The third-order valence-electron chi connectivity index (χ3n) is 7.66. The molecule has 1 amide bonds. The number of nitrogens with zero attached hydrogens (tertiary/aromatic N) is 4. The second-order valence-electron chi connectivity index (χ2n) is 11.2. The second-order valence-corrected chi connectivity index (χ2v) is 11.2. The molecule has 212 valence electrons. The van der Waals surface area contributed by atoms with Crippen LogP contribution in [0.1, 0.15) is 58.7 Å². The zero-order valence-electron chi connectivity index (χ0n) is 22.6. The Kier molecular flexibility index (Phi) is 11.1. The van der Waals surface area contributed by atoms with Gasteiger partial charge < -0.3 is 15.0 Å². The van der Waals surface area contributed by atoms with E-state index in [0.29, 0.717) is 30.4 Å². The zero-order chi connectivity index (χ0) is 25.4. The molecule has 3 atom stereocenters. The second kappa shape index (κ2) is 12.8. The molecule has 37 heavy (non-hydrogen) atoms. The smallest absolute Gasteiger partial charge is 0.274 e. The van der Waals surface area contributed by atoms with Crippen LogP contribution in [0.4, 0.5) is 14.5 Å². The minimum Gasteiger partial charge on any atom is -0.379 e. The summed E-state index contributed by atoms with van der Waals surface area (Å²) in [5.41, 5.74) is 0.760. The van der Waals surface area contributed by atoms with Crippen molar-refractivity contribution in [2.45, 2.75) is 76.9 Å². The van der Waals surface area contributed by atoms with E-state index in [0.717, 1.165) is 39.4 Å². The van der Waals surface area contributed by atoms with E-state index in [-0.39, 0.29) is 66.7 Å². The monoisotopic (exact) mass is 565 g/mol. The van der Waals surface area contributed by atoms with Crippen molar-refractivity contribution >= 4 is 36.4 Å². The number of pyridine rings is 1. The molecule has 2 fully saturated rings. The van der Waals surface area contributed by atoms with E-state index in [9.17, 15) is 13.6 Å². The van der Waals surface area contributed by atoms with E-state index in [1.807, 2.05) is 13.8 Å². The minimum absolute atomic E-state index is 0. The van der Waals surface area contributed by atoms with Gasteiger partial charge in [-0.1, -0.05) is 27.2 Å². The third kappa shape index (κ3) is 7.11.